The molecule has 4 N–H and O–H groups in total. The Hall–Kier alpha value is -2.68. The van der Waals surface area contributed by atoms with Crippen molar-refractivity contribution in [3.8, 4) is 0 Å². The highest BCUT2D eigenvalue weighted by atomic mass is 32.2. The Balaban J connectivity index is 1.42. The molecular weight excluding hydrogens is 376 g/mol. The molecular formula is C20H22N4O3S. The molecule has 0 radical (unpaired) electrons. The minimum atomic E-state index is -0.398. The quantitative estimate of drug-likeness (QED) is 0.530. The number of hydrazine groups is 1. The number of hydrogen-bond donors (Lipinski definition) is 4. The number of nitrogens with one attached hydrogen (secondary N) is 4. The summed E-state index contributed by atoms with van der Waals surface area (Å²) in [6.07, 6.45) is 0.577. The van der Waals surface area contributed by atoms with Crippen LogP contribution in [0.4, 0.5) is 5.69 Å². The molecule has 0 aliphatic carbocycles. The first-order valence-corrected chi connectivity index (χ1v) is 9.94. The Morgan fingerprint density at radius 3 is 2.39 bits per heavy atom. The van der Waals surface area contributed by atoms with E-state index in [0.29, 0.717) is 17.7 Å². The summed E-state index contributed by atoms with van der Waals surface area (Å²) < 4.78 is 0. The Kier molecular flexibility index (Phi) is 6.80. The highest BCUT2D eigenvalue weighted by Gasteiger charge is 2.27. The fraction of sp³-hybridized carbons (Fsp3) is 0.250. The lowest BCUT2D eigenvalue weighted by Crippen LogP contribution is -2.64. The molecule has 2 aromatic carbocycles. The molecule has 0 spiro atoms. The highest BCUT2D eigenvalue weighted by Crippen LogP contribution is 2.13. The summed E-state index contributed by atoms with van der Waals surface area (Å²) in [4.78, 5) is 35.6. The topological polar surface area (TPSA) is 99.3 Å². The monoisotopic (exact) mass is 398 g/mol. The summed E-state index contributed by atoms with van der Waals surface area (Å²) in [7, 11) is 0. The summed E-state index contributed by atoms with van der Waals surface area (Å²) in [5.41, 5.74) is 7.92. The number of carbonyl (C=O) groups excluding carboxylic acids is 3. The third kappa shape index (κ3) is 5.66. The highest BCUT2D eigenvalue weighted by molar-refractivity contribution is 8.00. The van der Waals surface area contributed by atoms with Gasteiger partial charge in [0.25, 0.3) is 0 Å². The molecule has 2 atom stereocenters. The molecule has 1 aliphatic rings. The SMILES string of the molecule is CC(=O)c1ccc(NC(=O)CSC2NNC(Cc3ccccc3)C(=O)N2)cc1. The maximum atomic E-state index is 12.3. The van der Waals surface area contributed by atoms with Crippen molar-refractivity contribution in [2.45, 2.75) is 24.9 Å². The van der Waals surface area contributed by atoms with E-state index in [-0.39, 0.29) is 29.4 Å². The number of benzene rings is 2. The van der Waals surface area contributed by atoms with Gasteiger partial charge in [-0.25, -0.2) is 10.9 Å². The van der Waals surface area contributed by atoms with Gasteiger partial charge in [0.1, 0.15) is 11.5 Å². The first-order chi connectivity index (χ1) is 13.5. The van der Waals surface area contributed by atoms with Crippen molar-refractivity contribution in [2.24, 2.45) is 0 Å². The normalized spacial score (nSPS) is 19.0. The Morgan fingerprint density at radius 2 is 1.75 bits per heavy atom. The lowest BCUT2D eigenvalue weighted by atomic mass is 10.1. The largest absolute Gasteiger partial charge is 0.329 e. The van der Waals surface area contributed by atoms with Gasteiger partial charge < -0.3 is 10.6 Å². The van der Waals surface area contributed by atoms with Crippen molar-refractivity contribution in [1.82, 2.24) is 16.2 Å². The van der Waals surface area contributed by atoms with Crippen LogP contribution in [-0.4, -0.2) is 34.9 Å². The van der Waals surface area contributed by atoms with E-state index in [2.05, 4.69) is 21.5 Å². The summed E-state index contributed by atoms with van der Waals surface area (Å²) in [6.45, 7) is 1.49. The predicted octanol–water partition coefficient (Wildman–Crippen LogP) is 1.68. The second kappa shape index (κ2) is 9.50. The average molecular weight is 398 g/mol. The third-order valence-corrected chi connectivity index (χ3v) is 5.22. The molecule has 2 unspecified atom stereocenters. The number of anilines is 1. The number of carbonyl (C=O) groups is 3. The minimum Gasteiger partial charge on any atom is -0.329 e. The van der Waals surface area contributed by atoms with E-state index in [0.717, 1.165) is 5.56 Å². The zero-order chi connectivity index (χ0) is 19.9. The van der Waals surface area contributed by atoms with Gasteiger partial charge in [-0.3, -0.25) is 14.4 Å². The number of thioether (sulfide) groups is 1. The van der Waals surface area contributed by atoms with E-state index >= 15 is 0 Å². The number of hydrogen-bond acceptors (Lipinski definition) is 6. The van der Waals surface area contributed by atoms with Crippen molar-refractivity contribution < 1.29 is 14.4 Å². The minimum absolute atomic E-state index is 0.0226. The molecule has 2 amide bonds. The summed E-state index contributed by atoms with van der Waals surface area (Å²) in [5, 5.41) is 5.63. The molecule has 8 heteroatoms. The molecule has 28 heavy (non-hydrogen) atoms. The van der Waals surface area contributed by atoms with Crippen LogP contribution in [0.15, 0.2) is 54.6 Å². The lowest BCUT2D eigenvalue weighted by Gasteiger charge is -2.31. The van der Waals surface area contributed by atoms with Crippen LogP contribution in [0.3, 0.4) is 0 Å². The van der Waals surface area contributed by atoms with Crippen LogP contribution in [0, 0.1) is 0 Å². The van der Waals surface area contributed by atoms with Crippen molar-refractivity contribution in [1.29, 1.82) is 0 Å². The van der Waals surface area contributed by atoms with Crippen LogP contribution in [0.2, 0.25) is 0 Å². The fourth-order valence-corrected chi connectivity index (χ4v) is 3.47. The van der Waals surface area contributed by atoms with E-state index in [1.165, 1.54) is 18.7 Å². The molecule has 1 aliphatic heterocycles. The molecule has 1 heterocycles. The molecule has 1 fully saturated rings. The molecule has 3 rings (SSSR count). The predicted molar refractivity (Wildman–Crippen MR) is 110 cm³/mol. The Labute approximate surface area is 167 Å². The summed E-state index contributed by atoms with van der Waals surface area (Å²) in [5.74, 6) is -0.161. The van der Waals surface area contributed by atoms with Gasteiger partial charge >= 0.3 is 0 Å². The zero-order valence-corrected chi connectivity index (χ0v) is 16.2. The second-order valence-corrected chi connectivity index (χ2v) is 7.51. The van der Waals surface area contributed by atoms with E-state index in [1.807, 2.05) is 30.3 Å². The molecule has 2 aromatic rings. The van der Waals surface area contributed by atoms with E-state index in [1.54, 1.807) is 24.3 Å². The molecule has 0 aromatic heterocycles. The molecule has 0 saturated carbocycles. The van der Waals surface area contributed by atoms with Crippen LogP contribution < -0.4 is 21.5 Å². The second-order valence-electron chi connectivity index (χ2n) is 6.41. The van der Waals surface area contributed by atoms with Gasteiger partial charge in [0, 0.05) is 11.3 Å². The maximum absolute atomic E-state index is 12.3. The average Bonchev–Trinajstić information content (AvgIpc) is 2.69. The van der Waals surface area contributed by atoms with Crippen molar-refractivity contribution in [3.05, 3.63) is 65.7 Å². The van der Waals surface area contributed by atoms with Gasteiger partial charge in [0.15, 0.2) is 5.78 Å². The van der Waals surface area contributed by atoms with Crippen LogP contribution in [0.5, 0.6) is 0 Å². The maximum Gasteiger partial charge on any atom is 0.240 e. The van der Waals surface area contributed by atoms with Crippen LogP contribution in [-0.2, 0) is 16.0 Å². The van der Waals surface area contributed by atoms with Gasteiger partial charge in [-0.2, -0.15) is 0 Å². The molecule has 0 bridgehead atoms. The number of Topliss-reactive ketones (excluding diaryl/α,β-unsaturated/α-hetero) is 1. The summed E-state index contributed by atoms with van der Waals surface area (Å²) in [6, 6.07) is 16.1. The Morgan fingerprint density at radius 1 is 1.04 bits per heavy atom. The first kappa shape index (κ1) is 20.1. The van der Waals surface area contributed by atoms with Crippen LogP contribution in [0.25, 0.3) is 0 Å². The zero-order valence-electron chi connectivity index (χ0n) is 15.4. The number of ketones is 1. The van der Waals surface area contributed by atoms with Gasteiger partial charge in [-0.1, -0.05) is 30.3 Å². The van der Waals surface area contributed by atoms with Gasteiger partial charge in [-0.15, -0.1) is 11.8 Å². The number of rotatable bonds is 7. The van der Waals surface area contributed by atoms with Crippen molar-refractivity contribution >= 4 is 35.0 Å². The third-order valence-electron chi connectivity index (χ3n) is 4.22. The van der Waals surface area contributed by atoms with Crippen molar-refractivity contribution in [2.75, 3.05) is 11.1 Å². The molecule has 1 saturated heterocycles. The molecule has 146 valence electrons. The summed E-state index contributed by atoms with van der Waals surface area (Å²) >= 11 is 1.27. The van der Waals surface area contributed by atoms with Gasteiger partial charge in [0.05, 0.1) is 5.75 Å². The van der Waals surface area contributed by atoms with Gasteiger partial charge in [-0.05, 0) is 43.2 Å². The number of amides is 2. The van der Waals surface area contributed by atoms with Gasteiger partial charge in [0.2, 0.25) is 11.8 Å². The smallest absolute Gasteiger partial charge is 0.240 e. The van der Waals surface area contributed by atoms with E-state index in [9.17, 15) is 14.4 Å². The van der Waals surface area contributed by atoms with Crippen molar-refractivity contribution in [3.63, 3.8) is 0 Å². The lowest BCUT2D eigenvalue weighted by molar-refractivity contribution is -0.125. The standard InChI is InChI=1S/C20H22N4O3S/c1-13(25)15-7-9-16(10-8-15)21-18(26)12-28-20-22-19(27)17(23-24-20)11-14-5-3-2-4-6-14/h2-10,17,20,23-24H,11-12H2,1H3,(H,21,26)(H,22,27). The Bertz CT molecular complexity index is 842. The fourth-order valence-electron chi connectivity index (χ4n) is 2.73. The van der Waals surface area contributed by atoms with Crippen LogP contribution in [0.1, 0.15) is 22.8 Å². The molecule has 7 nitrogen and oxygen atoms in total. The van der Waals surface area contributed by atoms with E-state index in [4.69, 9.17) is 0 Å². The first-order valence-electron chi connectivity index (χ1n) is 8.89. The van der Waals surface area contributed by atoms with E-state index < -0.39 is 5.50 Å². The van der Waals surface area contributed by atoms with Crippen LogP contribution >= 0.6 is 11.8 Å².